The number of hydrogen-bond donors (Lipinski definition) is 2. The van der Waals surface area contributed by atoms with Crippen molar-refractivity contribution in [1.29, 1.82) is 0 Å². The predicted molar refractivity (Wildman–Crippen MR) is 131 cm³/mol. The average molecular weight is 441 g/mol. The highest BCUT2D eigenvalue weighted by Gasteiger charge is 2.23. The van der Waals surface area contributed by atoms with Crippen molar-refractivity contribution in [3.8, 4) is 34.5 Å². The van der Waals surface area contributed by atoms with E-state index in [1.807, 2.05) is 50.2 Å². The van der Waals surface area contributed by atoms with E-state index in [1.165, 1.54) is 11.1 Å². The molecule has 0 aliphatic rings. The molecule has 0 saturated carbocycles. The maximum absolute atomic E-state index is 9.68. The minimum Gasteiger partial charge on any atom is -0.508 e. The fraction of sp³-hybridized carbons (Fsp3) is 0.172. The molecule has 0 aromatic heterocycles. The molecule has 4 aromatic rings. The van der Waals surface area contributed by atoms with Crippen LogP contribution in [0.5, 0.6) is 34.5 Å². The molecule has 4 heteroatoms. The highest BCUT2D eigenvalue weighted by atomic mass is 16.5. The number of benzene rings is 4. The normalized spacial score (nSPS) is 11.3. The van der Waals surface area contributed by atoms with Gasteiger partial charge in [-0.3, -0.25) is 0 Å². The summed E-state index contributed by atoms with van der Waals surface area (Å²) in [5.74, 6) is 3.39. The SMILES string of the molecule is Cc1cc(Oc2ccc(C(C)(C)c3ccc(Oc4ccc(O)c(C)c4)cc3)cc2)ccc1O. The zero-order valence-corrected chi connectivity index (χ0v) is 19.3. The van der Waals surface area contributed by atoms with Crippen LogP contribution in [0.3, 0.4) is 0 Å². The molecule has 33 heavy (non-hydrogen) atoms. The van der Waals surface area contributed by atoms with Gasteiger partial charge in [0, 0.05) is 5.41 Å². The molecule has 2 N–H and O–H groups in total. The first-order valence-electron chi connectivity index (χ1n) is 10.9. The molecule has 0 aliphatic heterocycles. The summed E-state index contributed by atoms with van der Waals surface area (Å²) in [7, 11) is 0. The summed E-state index contributed by atoms with van der Waals surface area (Å²) in [6.45, 7) is 8.06. The van der Waals surface area contributed by atoms with Crippen molar-refractivity contribution in [2.75, 3.05) is 0 Å². The molecule has 0 spiro atoms. The molecular formula is C29H28O4. The smallest absolute Gasteiger partial charge is 0.127 e. The summed E-state index contributed by atoms with van der Waals surface area (Å²) in [5.41, 5.74) is 3.68. The lowest BCUT2D eigenvalue weighted by Gasteiger charge is -2.26. The summed E-state index contributed by atoms with van der Waals surface area (Å²) in [4.78, 5) is 0. The van der Waals surface area contributed by atoms with Gasteiger partial charge in [-0.25, -0.2) is 0 Å². The molecule has 168 valence electrons. The first kappa shape index (κ1) is 22.3. The van der Waals surface area contributed by atoms with E-state index in [0.717, 1.165) is 22.6 Å². The topological polar surface area (TPSA) is 58.9 Å². The zero-order valence-electron chi connectivity index (χ0n) is 19.3. The predicted octanol–water partition coefficient (Wildman–Crippen LogP) is 7.63. The van der Waals surface area contributed by atoms with Gasteiger partial charge >= 0.3 is 0 Å². The Hall–Kier alpha value is -3.92. The van der Waals surface area contributed by atoms with Crippen LogP contribution in [-0.2, 0) is 5.41 Å². The molecule has 4 aromatic carbocycles. The molecule has 0 heterocycles. The quantitative estimate of drug-likeness (QED) is 0.324. The maximum Gasteiger partial charge on any atom is 0.127 e. The van der Waals surface area contributed by atoms with Gasteiger partial charge in [0.25, 0.3) is 0 Å². The minimum atomic E-state index is -0.207. The summed E-state index contributed by atoms with van der Waals surface area (Å²) < 4.78 is 11.9. The van der Waals surface area contributed by atoms with Crippen LogP contribution < -0.4 is 9.47 Å². The third kappa shape index (κ3) is 4.96. The third-order valence-corrected chi connectivity index (χ3v) is 5.96. The van der Waals surface area contributed by atoms with Crippen molar-refractivity contribution in [2.24, 2.45) is 0 Å². The lowest BCUT2D eigenvalue weighted by Crippen LogP contribution is -2.18. The summed E-state index contributed by atoms with van der Waals surface area (Å²) in [6.07, 6.45) is 0. The van der Waals surface area contributed by atoms with Crippen molar-refractivity contribution in [3.63, 3.8) is 0 Å². The number of aromatic hydroxyl groups is 2. The van der Waals surface area contributed by atoms with Gasteiger partial charge in [0.15, 0.2) is 0 Å². The van der Waals surface area contributed by atoms with Gasteiger partial charge in [0.2, 0.25) is 0 Å². The number of hydrogen-bond acceptors (Lipinski definition) is 4. The molecule has 0 bridgehead atoms. The fourth-order valence-electron chi connectivity index (χ4n) is 3.70. The average Bonchev–Trinajstić information content (AvgIpc) is 2.80. The van der Waals surface area contributed by atoms with Crippen LogP contribution >= 0.6 is 0 Å². The Bertz CT molecular complexity index is 1160. The highest BCUT2D eigenvalue weighted by molar-refractivity contribution is 5.45. The van der Waals surface area contributed by atoms with E-state index >= 15 is 0 Å². The van der Waals surface area contributed by atoms with Crippen molar-refractivity contribution < 1.29 is 19.7 Å². The van der Waals surface area contributed by atoms with E-state index in [2.05, 4.69) is 38.1 Å². The summed E-state index contributed by atoms with van der Waals surface area (Å²) in [6, 6.07) is 26.6. The Morgan fingerprint density at radius 2 is 0.848 bits per heavy atom. The van der Waals surface area contributed by atoms with Crippen molar-refractivity contribution in [1.82, 2.24) is 0 Å². The highest BCUT2D eigenvalue weighted by Crippen LogP contribution is 2.35. The van der Waals surface area contributed by atoms with E-state index in [-0.39, 0.29) is 16.9 Å². The monoisotopic (exact) mass is 440 g/mol. The third-order valence-electron chi connectivity index (χ3n) is 5.96. The lowest BCUT2D eigenvalue weighted by molar-refractivity contribution is 0.460. The van der Waals surface area contributed by atoms with Crippen molar-refractivity contribution >= 4 is 0 Å². The van der Waals surface area contributed by atoms with E-state index < -0.39 is 0 Å². The lowest BCUT2D eigenvalue weighted by atomic mass is 9.78. The molecule has 0 aliphatic carbocycles. The van der Waals surface area contributed by atoms with Gasteiger partial charge in [-0.1, -0.05) is 38.1 Å². The van der Waals surface area contributed by atoms with Crippen LogP contribution in [0.15, 0.2) is 84.9 Å². The van der Waals surface area contributed by atoms with Crippen LogP contribution in [0.2, 0.25) is 0 Å². The van der Waals surface area contributed by atoms with Gasteiger partial charge in [0.1, 0.15) is 34.5 Å². The minimum absolute atomic E-state index is 0.207. The largest absolute Gasteiger partial charge is 0.508 e. The van der Waals surface area contributed by atoms with Gasteiger partial charge in [-0.2, -0.15) is 0 Å². The molecular weight excluding hydrogens is 412 g/mol. The van der Waals surface area contributed by atoms with Crippen LogP contribution in [-0.4, -0.2) is 10.2 Å². The Labute approximate surface area is 194 Å². The second-order valence-electron chi connectivity index (χ2n) is 8.77. The molecule has 0 atom stereocenters. The Kier molecular flexibility index (Phi) is 6.01. The molecule has 0 radical (unpaired) electrons. The van der Waals surface area contributed by atoms with Gasteiger partial charge < -0.3 is 19.7 Å². The molecule has 0 amide bonds. The van der Waals surface area contributed by atoms with E-state index in [4.69, 9.17) is 9.47 Å². The van der Waals surface area contributed by atoms with Crippen LogP contribution in [0, 0.1) is 13.8 Å². The van der Waals surface area contributed by atoms with E-state index in [1.54, 1.807) is 24.3 Å². The summed E-state index contributed by atoms with van der Waals surface area (Å²) in [5, 5.41) is 19.4. The number of phenols is 2. The first-order chi connectivity index (χ1) is 15.7. The van der Waals surface area contributed by atoms with Crippen LogP contribution in [0.1, 0.15) is 36.1 Å². The van der Waals surface area contributed by atoms with Gasteiger partial charge in [0.05, 0.1) is 0 Å². The van der Waals surface area contributed by atoms with Crippen LogP contribution in [0.4, 0.5) is 0 Å². The fourth-order valence-corrected chi connectivity index (χ4v) is 3.70. The molecule has 0 saturated heterocycles. The van der Waals surface area contributed by atoms with Crippen LogP contribution in [0.25, 0.3) is 0 Å². The second-order valence-corrected chi connectivity index (χ2v) is 8.77. The molecule has 0 fully saturated rings. The number of ether oxygens (including phenoxy) is 2. The Morgan fingerprint density at radius 3 is 1.18 bits per heavy atom. The van der Waals surface area contributed by atoms with E-state index in [0.29, 0.717) is 11.5 Å². The number of aryl methyl sites for hydroxylation is 2. The Balaban J connectivity index is 1.47. The molecule has 4 rings (SSSR count). The standard InChI is InChI=1S/C29H28O4/c1-19-17-25(13-15-27(19)30)32-23-9-5-21(6-10-23)29(3,4)22-7-11-24(12-8-22)33-26-14-16-28(31)20(2)18-26/h5-18,30-31H,1-4H3. The van der Waals surface area contributed by atoms with Gasteiger partial charge in [-0.05, 0) is 96.8 Å². The second kappa shape index (κ2) is 8.91. The number of rotatable bonds is 6. The number of phenolic OH excluding ortho intramolecular Hbond substituents is 2. The molecule has 4 nitrogen and oxygen atoms in total. The Morgan fingerprint density at radius 1 is 0.515 bits per heavy atom. The zero-order chi connectivity index (χ0) is 23.6. The van der Waals surface area contributed by atoms with Crippen molar-refractivity contribution in [3.05, 3.63) is 107 Å². The summed E-state index contributed by atoms with van der Waals surface area (Å²) >= 11 is 0. The maximum atomic E-state index is 9.68. The first-order valence-corrected chi connectivity index (χ1v) is 10.9. The van der Waals surface area contributed by atoms with E-state index in [9.17, 15) is 10.2 Å². The van der Waals surface area contributed by atoms with Gasteiger partial charge in [-0.15, -0.1) is 0 Å². The molecule has 0 unspecified atom stereocenters. The van der Waals surface area contributed by atoms with Crippen molar-refractivity contribution in [2.45, 2.75) is 33.1 Å².